The van der Waals surface area contributed by atoms with Gasteiger partial charge in [-0.3, -0.25) is 4.79 Å². The first-order valence-electron chi connectivity index (χ1n) is 7.66. The molecule has 0 radical (unpaired) electrons. The van der Waals surface area contributed by atoms with E-state index in [9.17, 15) is 9.90 Å². The normalized spacial score (nSPS) is 16.6. The number of carbonyl (C=O) groups is 1. The van der Waals surface area contributed by atoms with Gasteiger partial charge in [-0.15, -0.1) is 0 Å². The van der Waals surface area contributed by atoms with Crippen LogP contribution in [-0.2, 0) is 4.79 Å². The lowest BCUT2D eigenvalue weighted by atomic mass is 9.77. The molecule has 2 heteroatoms. The van der Waals surface area contributed by atoms with Crippen molar-refractivity contribution in [3.05, 3.63) is 0 Å². The van der Waals surface area contributed by atoms with Gasteiger partial charge in [-0.25, -0.2) is 0 Å². The van der Waals surface area contributed by atoms with Crippen molar-refractivity contribution in [2.75, 3.05) is 0 Å². The van der Waals surface area contributed by atoms with Crippen molar-refractivity contribution in [2.24, 2.45) is 23.7 Å². The van der Waals surface area contributed by atoms with Gasteiger partial charge in [-0.2, -0.15) is 0 Å². The number of hydrogen-bond acceptors (Lipinski definition) is 1. The zero-order valence-electron chi connectivity index (χ0n) is 12.9. The predicted molar refractivity (Wildman–Crippen MR) is 77.7 cm³/mol. The van der Waals surface area contributed by atoms with Gasteiger partial charge >= 0.3 is 5.97 Å². The minimum atomic E-state index is -0.603. The molecule has 0 bridgehead atoms. The van der Waals surface area contributed by atoms with Crippen molar-refractivity contribution < 1.29 is 9.90 Å². The largest absolute Gasteiger partial charge is 0.481 e. The zero-order valence-corrected chi connectivity index (χ0v) is 12.9. The fourth-order valence-electron chi connectivity index (χ4n) is 2.65. The predicted octanol–water partition coefficient (Wildman–Crippen LogP) is 4.98. The molecule has 3 atom stereocenters. The highest BCUT2D eigenvalue weighted by atomic mass is 16.4. The Bertz CT molecular complexity index is 223. The fraction of sp³-hybridized carbons (Fsp3) is 0.938. The fourth-order valence-corrected chi connectivity index (χ4v) is 2.65. The highest BCUT2D eigenvalue weighted by Crippen LogP contribution is 2.30. The molecular weight excluding hydrogens is 224 g/mol. The van der Waals surface area contributed by atoms with E-state index < -0.39 is 5.97 Å². The average Bonchev–Trinajstić information content (AvgIpc) is 2.31. The van der Waals surface area contributed by atoms with Gasteiger partial charge in [0, 0.05) is 0 Å². The van der Waals surface area contributed by atoms with Crippen molar-refractivity contribution in [3.63, 3.8) is 0 Å². The summed E-state index contributed by atoms with van der Waals surface area (Å²) >= 11 is 0. The van der Waals surface area contributed by atoms with Gasteiger partial charge in [-0.05, 0) is 24.2 Å². The Morgan fingerprint density at radius 2 is 1.67 bits per heavy atom. The van der Waals surface area contributed by atoms with E-state index >= 15 is 0 Å². The van der Waals surface area contributed by atoms with E-state index in [1.165, 1.54) is 25.7 Å². The van der Waals surface area contributed by atoms with Crippen molar-refractivity contribution in [1.29, 1.82) is 0 Å². The lowest BCUT2D eigenvalue weighted by molar-refractivity contribution is -0.145. The van der Waals surface area contributed by atoms with E-state index in [1.807, 2.05) is 0 Å². The number of hydrogen-bond donors (Lipinski definition) is 1. The Kier molecular flexibility index (Phi) is 9.13. The summed E-state index contributed by atoms with van der Waals surface area (Å²) in [5.74, 6) is 0.535. The van der Waals surface area contributed by atoms with Crippen LogP contribution >= 0.6 is 0 Å². The molecule has 0 saturated heterocycles. The first-order valence-corrected chi connectivity index (χ1v) is 7.66. The molecule has 18 heavy (non-hydrogen) atoms. The van der Waals surface area contributed by atoms with Crippen molar-refractivity contribution in [2.45, 2.75) is 73.1 Å². The van der Waals surface area contributed by atoms with Gasteiger partial charge in [0.15, 0.2) is 0 Å². The standard InChI is InChI=1S/C16H32O2/c1-6-8-10-14(9-7-2)11-15(16(17)18)13(5)12(3)4/h12-15H,6-11H2,1-5H3,(H,17,18). The van der Waals surface area contributed by atoms with E-state index in [0.717, 1.165) is 12.8 Å². The summed E-state index contributed by atoms with van der Waals surface area (Å²) in [6.45, 7) is 10.7. The van der Waals surface area contributed by atoms with Gasteiger partial charge < -0.3 is 5.11 Å². The molecular formula is C16H32O2. The summed E-state index contributed by atoms with van der Waals surface area (Å²) in [6.07, 6.45) is 6.83. The van der Waals surface area contributed by atoms with Gasteiger partial charge in [0.2, 0.25) is 0 Å². The molecule has 0 aromatic rings. The molecule has 108 valence electrons. The SMILES string of the molecule is CCCCC(CCC)CC(C(=O)O)C(C)C(C)C. The third kappa shape index (κ3) is 6.42. The molecule has 0 spiro atoms. The maximum atomic E-state index is 11.5. The molecule has 3 unspecified atom stereocenters. The Morgan fingerprint density at radius 3 is 2.06 bits per heavy atom. The second-order valence-corrected chi connectivity index (χ2v) is 6.08. The lowest BCUT2D eigenvalue weighted by Crippen LogP contribution is -2.27. The molecule has 0 rings (SSSR count). The van der Waals surface area contributed by atoms with Crippen LogP contribution in [0.5, 0.6) is 0 Å². The molecule has 0 aromatic heterocycles. The highest BCUT2D eigenvalue weighted by Gasteiger charge is 2.29. The topological polar surface area (TPSA) is 37.3 Å². The molecule has 2 nitrogen and oxygen atoms in total. The first kappa shape index (κ1) is 17.5. The van der Waals surface area contributed by atoms with Crippen LogP contribution in [0.4, 0.5) is 0 Å². The molecule has 0 aliphatic heterocycles. The minimum Gasteiger partial charge on any atom is -0.481 e. The van der Waals surface area contributed by atoms with Crippen LogP contribution in [-0.4, -0.2) is 11.1 Å². The summed E-state index contributed by atoms with van der Waals surface area (Å²) < 4.78 is 0. The molecule has 0 heterocycles. The quantitative estimate of drug-likeness (QED) is 0.599. The van der Waals surface area contributed by atoms with Crippen LogP contribution in [0.3, 0.4) is 0 Å². The Balaban J connectivity index is 4.54. The number of carboxylic acid groups (broad SMARTS) is 1. The number of carboxylic acids is 1. The van der Waals surface area contributed by atoms with E-state index in [0.29, 0.717) is 11.8 Å². The van der Waals surface area contributed by atoms with Crippen molar-refractivity contribution in [3.8, 4) is 0 Å². The summed E-state index contributed by atoms with van der Waals surface area (Å²) in [6, 6.07) is 0. The monoisotopic (exact) mass is 256 g/mol. The third-order valence-electron chi connectivity index (χ3n) is 4.25. The highest BCUT2D eigenvalue weighted by molar-refractivity contribution is 5.70. The average molecular weight is 256 g/mol. The smallest absolute Gasteiger partial charge is 0.306 e. The maximum Gasteiger partial charge on any atom is 0.306 e. The van der Waals surface area contributed by atoms with Gasteiger partial charge in [-0.1, -0.05) is 66.7 Å². The summed E-state index contributed by atoms with van der Waals surface area (Å²) in [5.41, 5.74) is 0. The molecule has 0 fully saturated rings. The van der Waals surface area contributed by atoms with E-state index in [4.69, 9.17) is 0 Å². The summed E-state index contributed by atoms with van der Waals surface area (Å²) in [5, 5.41) is 9.44. The molecule has 0 saturated carbocycles. The molecule has 0 aliphatic rings. The number of unbranched alkanes of at least 4 members (excludes halogenated alkanes) is 1. The van der Waals surface area contributed by atoms with Crippen LogP contribution < -0.4 is 0 Å². The first-order chi connectivity index (χ1) is 8.43. The van der Waals surface area contributed by atoms with Crippen LogP contribution in [0.15, 0.2) is 0 Å². The minimum absolute atomic E-state index is 0.168. The molecule has 1 N–H and O–H groups in total. The lowest BCUT2D eigenvalue weighted by Gasteiger charge is -2.27. The number of rotatable bonds is 10. The van der Waals surface area contributed by atoms with Gasteiger partial charge in [0.1, 0.15) is 0 Å². The summed E-state index contributed by atoms with van der Waals surface area (Å²) in [4.78, 5) is 11.5. The summed E-state index contributed by atoms with van der Waals surface area (Å²) in [7, 11) is 0. The van der Waals surface area contributed by atoms with Crippen LogP contribution in [0.2, 0.25) is 0 Å². The van der Waals surface area contributed by atoms with E-state index in [-0.39, 0.29) is 11.8 Å². The van der Waals surface area contributed by atoms with E-state index in [2.05, 4.69) is 34.6 Å². The second kappa shape index (κ2) is 9.41. The van der Waals surface area contributed by atoms with Crippen molar-refractivity contribution in [1.82, 2.24) is 0 Å². The van der Waals surface area contributed by atoms with Crippen LogP contribution in [0.25, 0.3) is 0 Å². The number of aliphatic carboxylic acids is 1. The molecule has 0 aromatic carbocycles. The zero-order chi connectivity index (χ0) is 14.1. The van der Waals surface area contributed by atoms with Crippen LogP contribution in [0.1, 0.15) is 73.1 Å². The van der Waals surface area contributed by atoms with Gasteiger partial charge in [0.25, 0.3) is 0 Å². The van der Waals surface area contributed by atoms with Crippen LogP contribution in [0, 0.1) is 23.7 Å². The third-order valence-corrected chi connectivity index (χ3v) is 4.25. The molecule has 0 amide bonds. The Morgan fingerprint density at radius 1 is 1.06 bits per heavy atom. The van der Waals surface area contributed by atoms with E-state index in [1.54, 1.807) is 0 Å². The molecule has 0 aliphatic carbocycles. The Labute approximate surface area is 113 Å². The second-order valence-electron chi connectivity index (χ2n) is 6.08. The Hall–Kier alpha value is -0.530. The maximum absolute atomic E-state index is 11.5. The van der Waals surface area contributed by atoms with Crippen molar-refractivity contribution >= 4 is 5.97 Å². The van der Waals surface area contributed by atoms with Gasteiger partial charge in [0.05, 0.1) is 5.92 Å².